The molecular formula is C17H16F3NS. The third-order valence-electron chi connectivity index (χ3n) is 3.81. The van der Waals surface area contributed by atoms with Crippen LogP contribution in [0.15, 0.2) is 48.5 Å². The summed E-state index contributed by atoms with van der Waals surface area (Å²) < 4.78 is 38.8. The molecule has 0 spiro atoms. The summed E-state index contributed by atoms with van der Waals surface area (Å²) in [6, 6.07) is 14.9. The summed E-state index contributed by atoms with van der Waals surface area (Å²) in [6.07, 6.45) is 0.409. The van der Waals surface area contributed by atoms with E-state index >= 15 is 0 Å². The maximum atomic E-state index is 12.9. The summed E-state index contributed by atoms with van der Waals surface area (Å²) in [4.78, 5) is 0. The quantitative estimate of drug-likeness (QED) is 0.802. The van der Waals surface area contributed by atoms with E-state index in [1.54, 1.807) is 0 Å². The number of benzene rings is 2. The van der Waals surface area contributed by atoms with Crippen molar-refractivity contribution in [3.8, 4) is 0 Å². The van der Waals surface area contributed by atoms with Gasteiger partial charge in [0.2, 0.25) is 0 Å². The average Bonchev–Trinajstić information content (AvgIpc) is 2.45. The van der Waals surface area contributed by atoms with Crippen LogP contribution in [0.4, 0.5) is 18.9 Å². The standard InChI is InChI=1S/C17H16F3NS/c1-11-5-4-7-13(9-11)16-15(22-17(18,19)20)10-12-6-2-3-8-14(12)21-16/h2-9,15-16,21H,10H2,1H3/t15-,16-/m0/s1. The number of hydrogen-bond acceptors (Lipinski definition) is 2. The highest BCUT2D eigenvalue weighted by atomic mass is 32.2. The molecule has 1 aliphatic heterocycles. The van der Waals surface area contributed by atoms with Crippen LogP contribution in [0.1, 0.15) is 22.7 Å². The molecule has 0 saturated carbocycles. The molecule has 2 aromatic rings. The average molecular weight is 323 g/mol. The van der Waals surface area contributed by atoms with Crippen LogP contribution < -0.4 is 5.32 Å². The second-order valence-corrected chi connectivity index (χ2v) is 6.80. The zero-order valence-electron chi connectivity index (χ0n) is 12.0. The van der Waals surface area contributed by atoms with Crippen LogP contribution in [0, 0.1) is 6.92 Å². The number of alkyl halides is 3. The van der Waals surface area contributed by atoms with E-state index < -0.39 is 10.8 Å². The van der Waals surface area contributed by atoms with Crippen molar-refractivity contribution in [2.24, 2.45) is 0 Å². The van der Waals surface area contributed by atoms with Gasteiger partial charge in [0.15, 0.2) is 0 Å². The van der Waals surface area contributed by atoms with Crippen LogP contribution in [0.25, 0.3) is 0 Å². The minimum absolute atomic E-state index is 0.0876. The molecule has 1 aliphatic rings. The van der Waals surface area contributed by atoms with Crippen molar-refractivity contribution in [1.82, 2.24) is 0 Å². The summed E-state index contributed by atoms with van der Waals surface area (Å²) in [5.41, 5.74) is -0.424. The van der Waals surface area contributed by atoms with Crippen LogP contribution in [0.2, 0.25) is 0 Å². The molecule has 1 heterocycles. The zero-order chi connectivity index (χ0) is 15.7. The van der Waals surface area contributed by atoms with Crippen LogP contribution in [-0.4, -0.2) is 10.8 Å². The Morgan fingerprint density at radius 3 is 2.59 bits per heavy atom. The van der Waals surface area contributed by atoms with Gasteiger partial charge < -0.3 is 5.32 Å². The first-order valence-corrected chi connectivity index (χ1v) is 7.96. The summed E-state index contributed by atoms with van der Waals surface area (Å²) in [6.45, 7) is 1.95. The van der Waals surface area contributed by atoms with Gasteiger partial charge in [0.1, 0.15) is 0 Å². The number of fused-ring (bicyclic) bond motifs is 1. The van der Waals surface area contributed by atoms with E-state index in [-0.39, 0.29) is 17.8 Å². The third kappa shape index (κ3) is 3.40. The molecule has 22 heavy (non-hydrogen) atoms. The summed E-state index contributed by atoms with van der Waals surface area (Å²) in [5.74, 6) is 0. The van der Waals surface area contributed by atoms with Crippen LogP contribution in [0.5, 0.6) is 0 Å². The van der Waals surface area contributed by atoms with E-state index in [0.717, 1.165) is 22.4 Å². The van der Waals surface area contributed by atoms with Gasteiger partial charge in [0, 0.05) is 10.9 Å². The molecule has 0 bridgehead atoms. The number of para-hydroxylation sites is 1. The van der Waals surface area contributed by atoms with Gasteiger partial charge in [-0.25, -0.2) is 0 Å². The number of nitrogens with one attached hydrogen (secondary N) is 1. The highest BCUT2D eigenvalue weighted by Gasteiger charge is 2.39. The molecule has 3 rings (SSSR count). The van der Waals surface area contributed by atoms with Crippen LogP contribution >= 0.6 is 11.8 Å². The number of hydrogen-bond donors (Lipinski definition) is 1. The third-order valence-corrected chi connectivity index (χ3v) is 4.82. The van der Waals surface area contributed by atoms with Crippen molar-refractivity contribution in [3.05, 3.63) is 65.2 Å². The lowest BCUT2D eigenvalue weighted by atomic mass is 9.92. The van der Waals surface area contributed by atoms with Crippen molar-refractivity contribution in [2.75, 3.05) is 5.32 Å². The molecule has 0 saturated heterocycles. The Balaban J connectivity index is 1.97. The van der Waals surface area contributed by atoms with Gasteiger partial charge in [0.25, 0.3) is 0 Å². The van der Waals surface area contributed by atoms with Crippen molar-refractivity contribution in [2.45, 2.75) is 30.1 Å². The summed E-state index contributed by atoms with van der Waals surface area (Å²) >= 11 is 0.0876. The number of anilines is 1. The van der Waals surface area contributed by atoms with Gasteiger partial charge in [-0.15, -0.1) is 0 Å². The lowest BCUT2D eigenvalue weighted by molar-refractivity contribution is -0.0335. The number of thioether (sulfide) groups is 1. The van der Waals surface area contributed by atoms with E-state index in [9.17, 15) is 13.2 Å². The molecule has 5 heteroatoms. The Kier molecular flexibility index (Phi) is 4.08. The first kappa shape index (κ1) is 15.3. The fraction of sp³-hybridized carbons (Fsp3) is 0.294. The minimum atomic E-state index is -4.24. The first-order chi connectivity index (χ1) is 10.4. The molecule has 2 atom stereocenters. The van der Waals surface area contributed by atoms with Gasteiger partial charge in [-0.3, -0.25) is 0 Å². The van der Waals surface area contributed by atoms with Gasteiger partial charge in [0.05, 0.1) is 6.04 Å². The SMILES string of the molecule is Cc1cccc([C@@H]2Nc3ccccc3C[C@@H]2SC(F)(F)F)c1. The Bertz CT molecular complexity index is 669. The van der Waals surface area contributed by atoms with E-state index in [2.05, 4.69) is 5.32 Å². The molecule has 0 radical (unpaired) electrons. The van der Waals surface area contributed by atoms with Crippen LogP contribution in [-0.2, 0) is 6.42 Å². The lowest BCUT2D eigenvalue weighted by Crippen LogP contribution is -2.32. The smallest absolute Gasteiger partial charge is 0.377 e. The fourth-order valence-electron chi connectivity index (χ4n) is 2.88. The fourth-order valence-corrected chi connectivity index (χ4v) is 3.84. The maximum absolute atomic E-state index is 12.9. The number of halogens is 3. The Labute approximate surface area is 131 Å². The second kappa shape index (κ2) is 5.88. The Morgan fingerprint density at radius 1 is 1.09 bits per heavy atom. The second-order valence-electron chi connectivity index (χ2n) is 5.50. The van der Waals surface area contributed by atoms with E-state index in [1.165, 1.54) is 0 Å². The topological polar surface area (TPSA) is 12.0 Å². The van der Waals surface area contributed by atoms with Crippen molar-refractivity contribution in [3.63, 3.8) is 0 Å². The minimum Gasteiger partial charge on any atom is -0.377 e. The molecule has 0 aliphatic carbocycles. The van der Waals surface area contributed by atoms with Crippen LogP contribution in [0.3, 0.4) is 0 Å². The van der Waals surface area contributed by atoms with Gasteiger partial charge in [-0.2, -0.15) is 13.2 Å². The molecule has 0 fully saturated rings. The van der Waals surface area contributed by atoms with Crippen molar-refractivity contribution >= 4 is 17.4 Å². The number of rotatable bonds is 2. The van der Waals surface area contributed by atoms with E-state index in [1.807, 2.05) is 55.5 Å². The van der Waals surface area contributed by atoms with E-state index in [4.69, 9.17) is 0 Å². The first-order valence-electron chi connectivity index (χ1n) is 7.08. The predicted octanol–water partition coefficient (Wildman–Crippen LogP) is 5.33. The molecular weight excluding hydrogens is 307 g/mol. The van der Waals surface area contributed by atoms with E-state index in [0.29, 0.717) is 6.42 Å². The highest BCUT2D eigenvalue weighted by Crippen LogP contribution is 2.45. The summed E-state index contributed by atoms with van der Waals surface area (Å²) in [7, 11) is 0. The molecule has 0 unspecified atom stereocenters. The highest BCUT2D eigenvalue weighted by molar-refractivity contribution is 8.00. The lowest BCUT2D eigenvalue weighted by Gasteiger charge is -2.35. The van der Waals surface area contributed by atoms with Gasteiger partial charge >= 0.3 is 5.51 Å². The Hall–Kier alpha value is -1.62. The number of aryl methyl sites for hydroxylation is 1. The zero-order valence-corrected chi connectivity index (χ0v) is 12.8. The molecule has 0 aromatic heterocycles. The summed E-state index contributed by atoms with van der Waals surface area (Å²) in [5, 5.41) is 2.72. The maximum Gasteiger partial charge on any atom is 0.442 e. The predicted molar refractivity (Wildman–Crippen MR) is 85.1 cm³/mol. The Morgan fingerprint density at radius 2 is 1.86 bits per heavy atom. The van der Waals surface area contributed by atoms with Gasteiger partial charge in [-0.1, -0.05) is 48.0 Å². The molecule has 2 aromatic carbocycles. The van der Waals surface area contributed by atoms with Crippen molar-refractivity contribution in [1.29, 1.82) is 0 Å². The molecule has 0 amide bonds. The molecule has 1 nitrogen and oxygen atoms in total. The molecule has 116 valence electrons. The monoisotopic (exact) mass is 323 g/mol. The van der Waals surface area contributed by atoms with Crippen molar-refractivity contribution < 1.29 is 13.2 Å². The largest absolute Gasteiger partial charge is 0.442 e. The van der Waals surface area contributed by atoms with Gasteiger partial charge in [-0.05, 0) is 42.3 Å². The molecule has 1 N–H and O–H groups in total. The normalized spacial score (nSPS) is 21.1.